The van der Waals surface area contributed by atoms with Gasteiger partial charge in [-0.1, -0.05) is 31.2 Å². The average Bonchev–Trinajstić information content (AvgIpc) is 3.11. The molecule has 1 aromatic rings. The van der Waals surface area contributed by atoms with Crippen LogP contribution >= 0.6 is 0 Å². The predicted octanol–water partition coefficient (Wildman–Crippen LogP) is 1.86. The molecule has 1 aromatic carbocycles. The summed E-state index contributed by atoms with van der Waals surface area (Å²) in [5.74, 6) is -0.216. The van der Waals surface area contributed by atoms with Gasteiger partial charge in [0.05, 0.1) is 0 Å². The van der Waals surface area contributed by atoms with Gasteiger partial charge in [0.25, 0.3) is 5.91 Å². The highest BCUT2D eigenvalue weighted by atomic mass is 16.2. The SMILES string of the molecule is C=C1c2ccccc2C(=O)N1CC(=O)N[C@@H]1CCN2CCCC[C@H]12. The summed E-state index contributed by atoms with van der Waals surface area (Å²) in [4.78, 5) is 29.0. The van der Waals surface area contributed by atoms with E-state index in [1.807, 2.05) is 18.2 Å². The number of benzene rings is 1. The fraction of sp³-hybridized carbons (Fsp3) is 0.474. The third-order valence-electron chi connectivity index (χ3n) is 5.54. The van der Waals surface area contributed by atoms with Crippen LogP contribution in [0.2, 0.25) is 0 Å². The third kappa shape index (κ3) is 2.53. The van der Waals surface area contributed by atoms with Crippen LogP contribution in [0.3, 0.4) is 0 Å². The van der Waals surface area contributed by atoms with Crippen molar-refractivity contribution in [2.45, 2.75) is 37.8 Å². The van der Waals surface area contributed by atoms with Gasteiger partial charge in [0.15, 0.2) is 0 Å². The second kappa shape index (κ2) is 6.06. The van der Waals surface area contributed by atoms with Gasteiger partial charge in [-0.3, -0.25) is 19.4 Å². The number of hydrogen-bond donors (Lipinski definition) is 1. The molecule has 0 aliphatic carbocycles. The van der Waals surface area contributed by atoms with Crippen LogP contribution in [0, 0.1) is 0 Å². The molecule has 2 fully saturated rings. The fourth-order valence-corrected chi connectivity index (χ4v) is 4.31. The Bertz CT molecular complexity index is 665. The van der Waals surface area contributed by atoms with E-state index in [2.05, 4.69) is 16.8 Å². The van der Waals surface area contributed by atoms with Crippen molar-refractivity contribution in [3.05, 3.63) is 42.0 Å². The molecule has 0 spiro atoms. The monoisotopic (exact) mass is 325 g/mol. The first-order chi connectivity index (χ1) is 11.6. The lowest BCUT2D eigenvalue weighted by Gasteiger charge is -2.32. The van der Waals surface area contributed by atoms with E-state index in [0.29, 0.717) is 17.3 Å². The first kappa shape index (κ1) is 15.4. The lowest BCUT2D eigenvalue weighted by molar-refractivity contribution is -0.122. The molecule has 0 saturated carbocycles. The summed E-state index contributed by atoms with van der Waals surface area (Å²) in [5, 5.41) is 3.16. The van der Waals surface area contributed by atoms with Crippen molar-refractivity contribution in [2.24, 2.45) is 0 Å². The molecule has 4 rings (SSSR count). The van der Waals surface area contributed by atoms with E-state index in [1.54, 1.807) is 6.07 Å². The van der Waals surface area contributed by atoms with E-state index in [-0.39, 0.29) is 24.4 Å². The minimum Gasteiger partial charge on any atom is -0.350 e. The van der Waals surface area contributed by atoms with Crippen molar-refractivity contribution < 1.29 is 9.59 Å². The molecule has 5 nitrogen and oxygen atoms in total. The molecule has 0 radical (unpaired) electrons. The zero-order valence-electron chi connectivity index (χ0n) is 13.8. The first-order valence-corrected chi connectivity index (χ1v) is 8.79. The first-order valence-electron chi connectivity index (χ1n) is 8.79. The summed E-state index contributed by atoms with van der Waals surface area (Å²) in [7, 11) is 0. The van der Waals surface area contributed by atoms with E-state index in [1.165, 1.54) is 17.7 Å². The van der Waals surface area contributed by atoms with Gasteiger partial charge in [-0.05, 0) is 31.9 Å². The quantitative estimate of drug-likeness (QED) is 0.923. The Kier molecular flexibility index (Phi) is 3.88. The van der Waals surface area contributed by atoms with Crippen LogP contribution in [0.25, 0.3) is 5.70 Å². The Balaban J connectivity index is 1.40. The van der Waals surface area contributed by atoms with Crippen molar-refractivity contribution >= 4 is 17.5 Å². The van der Waals surface area contributed by atoms with Crippen molar-refractivity contribution in [1.29, 1.82) is 0 Å². The molecule has 2 saturated heterocycles. The van der Waals surface area contributed by atoms with Crippen LogP contribution in [0.4, 0.5) is 0 Å². The average molecular weight is 325 g/mol. The molecular weight excluding hydrogens is 302 g/mol. The smallest absolute Gasteiger partial charge is 0.259 e. The van der Waals surface area contributed by atoms with Gasteiger partial charge in [0, 0.05) is 35.5 Å². The van der Waals surface area contributed by atoms with Gasteiger partial charge in [0.2, 0.25) is 5.91 Å². The molecular formula is C19H23N3O2. The lowest BCUT2D eigenvalue weighted by atomic mass is 9.99. The molecule has 0 unspecified atom stereocenters. The summed E-state index contributed by atoms with van der Waals surface area (Å²) in [6, 6.07) is 8.08. The maximum Gasteiger partial charge on any atom is 0.259 e. The topological polar surface area (TPSA) is 52.7 Å². The molecule has 0 bridgehead atoms. The van der Waals surface area contributed by atoms with Crippen LogP contribution < -0.4 is 5.32 Å². The predicted molar refractivity (Wildman–Crippen MR) is 92.3 cm³/mol. The summed E-state index contributed by atoms with van der Waals surface area (Å²) in [6.07, 6.45) is 4.67. The number of fused-ring (bicyclic) bond motifs is 2. The van der Waals surface area contributed by atoms with Gasteiger partial charge in [-0.15, -0.1) is 0 Å². The number of nitrogens with one attached hydrogen (secondary N) is 1. The summed E-state index contributed by atoms with van der Waals surface area (Å²) in [6.45, 7) is 6.26. The van der Waals surface area contributed by atoms with E-state index in [4.69, 9.17) is 0 Å². The van der Waals surface area contributed by atoms with Crippen LogP contribution in [0.15, 0.2) is 30.8 Å². The molecule has 2 amide bonds. The molecule has 2 atom stereocenters. The highest BCUT2D eigenvalue weighted by Gasteiger charge is 2.37. The second-order valence-corrected chi connectivity index (χ2v) is 6.95. The Hall–Kier alpha value is -2.14. The molecule has 1 N–H and O–H groups in total. The minimum absolute atomic E-state index is 0.0512. The summed E-state index contributed by atoms with van der Waals surface area (Å²) >= 11 is 0. The zero-order chi connectivity index (χ0) is 16.7. The van der Waals surface area contributed by atoms with Crippen molar-refractivity contribution in [3.63, 3.8) is 0 Å². The minimum atomic E-state index is -0.128. The van der Waals surface area contributed by atoms with E-state index in [9.17, 15) is 9.59 Å². The molecule has 24 heavy (non-hydrogen) atoms. The number of hydrogen-bond acceptors (Lipinski definition) is 3. The maximum absolute atomic E-state index is 12.5. The third-order valence-corrected chi connectivity index (χ3v) is 5.54. The maximum atomic E-state index is 12.5. The number of carbonyl (C=O) groups is 2. The Morgan fingerprint density at radius 2 is 1.96 bits per heavy atom. The largest absolute Gasteiger partial charge is 0.350 e. The Morgan fingerprint density at radius 1 is 1.17 bits per heavy atom. The van der Waals surface area contributed by atoms with Gasteiger partial charge in [0.1, 0.15) is 6.54 Å². The highest BCUT2D eigenvalue weighted by Crippen LogP contribution is 2.31. The number of nitrogens with zero attached hydrogens (tertiary/aromatic N) is 2. The zero-order valence-corrected chi connectivity index (χ0v) is 13.8. The number of carbonyl (C=O) groups excluding carboxylic acids is 2. The van der Waals surface area contributed by atoms with Gasteiger partial charge in [-0.2, -0.15) is 0 Å². The van der Waals surface area contributed by atoms with Crippen molar-refractivity contribution in [3.8, 4) is 0 Å². The molecule has 3 aliphatic heterocycles. The van der Waals surface area contributed by atoms with Crippen molar-refractivity contribution in [1.82, 2.24) is 15.1 Å². The van der Waals surface area contributed by atoms with Crippen LogP contribution in [-0.2, 0) is 4.79 Å². The Morgan fingerprint density at radius 3 is 2.75 bits per heavy atom. The molecule has 126 valence electrons. The summed E-state index contributed by atoms with van der Waals surface area (Å²) < 4.78 is 0. The second-order valence-electron chi connectivity index (χ2n) is 6.95. The van der Waals surface area contributed by atoms with Gasteiger partial charge in [-0.25, -0.2) is 0 Å². The Labute approximate surface area is 142 Å². The fourth-order valence-electron chi connectivity index (χ4n) is 4.31. The highest BCUT2D eigenvalue weighted by molar-refractivity contribution is 6.10. The van der Waals surface area contributed by atoms with Gasteiger partial charge < -0.3 is 5.32 Å². The van der Waals surface area contributed by atoms with Gasteiger partial charge >= 0.3 is 0 Å². The van der Waals surface area contributed by atoms with E-state index < -0.39 is 0 Å². The standard InChI is InChI=1S/C19H23N3O2/c1-13-14-6-2-3-7-15(14)19(24)22(13)12-18(23)20-16-9-11-21-10-5-4-8-17(16)21/h2-3,6-7,16-17H,1,4-5,8-12H2,(H,20,23)/t16-,17-/m1/s1. The van der Waals surface area contributed by atoms with E-state index in [0.717, 1.165) is 31.5 Å². The molecule has 0 aromatic heterocycles. The molecule has 5 heteroatoms. The lowest BCUT2D eigenvalue weighted by Crippen LogP contribution is -2.49. The normalized spacial score (nSPS) is 26.4. The molecule has 3 heterocycles. The number of amides is 2. The number of rotatable bonds is 3. The number of piperidine rings is 1. The molecule has 3 aliphatic rings. The van der Waals surface area contributed by atoms with E-state index >= 15 is 0 Å². The van der Waals surface area contributed by atoms with Crippen LogP contribution in [0.1, 0.15) is 41.6 Å². The summed E-state index contributed by atoms with van der Waals surface area (Å²) in [5.41, 5.74) is 2.08. The van der Waals surface area contributed by atoms with Crippen LogP contribution in [0.5, 0.6) is 0 Å². The van der Waals surface area contributed by atoms with Crippen LogP contribution in [-0.4, -0.2) is 53.3 Å². The van der Waals surface area contributed by atoms with Crippen molar-refractivity contribution in [2.75, 3.05) is 19.6 Å².